The maximum Gasteiger partial charge on any atom is 0.180 e. The van der Waals surface area contributed by atoms with E-state index in [1.807, 2.05) is 6.92 Å². The number of aryl methyl sites for hydroxylation is 2. The van der Waals surface area contributed by atoms with Gasteiger partial charge in [0.25, 0.3) is 0 Å². The van der Waals surface area contributed by atoms with E-state index in [0.29, 0.717) is 11.0 Å². The summed E-state index contributed by atoms with van der Waals surface area (Å²) >= 11 is 1.60. The number of nitrogens with two attached hydrogens (primary N) is 1. The van der Waals surface area contributed by atoms with Gasteiger partial charge in [-0.25, -0.2) is 4.98 Å². The highest BCUT2D eigenvalue weighted by Crippen LogP contribution is 2.34. The third-order valence-electron chi connectivity index (χ3n) is 3.36. The zero-order chi connectivity index (χ0) is 12.6. The molecule has 1 heterocycles. The number of hydrogen-bond donors (Lipinski definition) is 1. The van der Waals surface area contributed by atoms with Crippen LogP contribution in [0, 0.1) is 20.8 Å². The van der Waals surface area contributed by atoms with Crippen molar-refractivity contribution in [1.29, 1.82) is 0 Å². The number of anilines is 1. The highest BCUT2D eigenvalue weighted by molar-refractivity contribution is 7.15. The third-order valence-corrected chi connectivity index (χ3v) is 4.52. The second kappa shape index (κ2) is 4.49. The molecule has 0 saturated heterocycles. The van der Waals surface area contributed by atoms with E-state index >= 15 is 0 Å². The Morgan fingerprint density at radius 1 is 1.24 bits per heavy atom. The summed E-state index contributed by atoms with van der Waals surface area (Å²) in [6, 6.07) is 6.47. The SMILES string of the molecule is Cc1cccc(C(C)c2sc(N)nc2C)c1C. The van der Waals surface area contributed by atoms with Crippen LogP contribution in [0.1, 0.15) is 40.1 Å². The number of nitrogens with zero attached hydrogens (tertiary/aromatic N) is 1. The molecule has 2 rings (SSSR count). The number of rotatable bonds is 2. The molecule has 1 aromatic carbocycles. The smallest absolute Gasteiger partial charge is 0.180 e. The van der Waals surface area contributed by atoms with Crippen molar-refractivity contribution in [2.24, 2.45) is 0 Å². The molecule has 17 heavy (non-hydrogen) atoms. The fourth-order valence-corrected chi connectivity index (χ4v) is 3.12. The fourth-order valence-electron chi connectivity index (χ4n) is 2.22. The number of benzene rings is 1. The monoisotopic (exact) mass is 246 g/mol. The first-order chi connectivity index (χ1) is 8.00. The van der Waals surface area contributed by atoms with Gasteiger partial charge in [0.2, 0.25) is 0 Å². The number of nitrogen functional groups attached to an aromatic ring is 1. The van der Waals surface area contributed by atoms with Gasteiger partial charge in [0, 0.05) is 10.8 Å². The van der Waals surface area contributed by atoms with Crippen molar-refractivity contribution in [3.8, 4) is 0 Å². The summed E-state index contributed by atoms with van der Waals surface area (Å²) in [6.07, 6.45) is 0. The lowest BCUT2D eigenvalue weighted by Crippen LogP contribution is -1.99. The van der Waals surface area contributed by atoms with Crippen molar-refractivity contribution >= 4 is 16.5 Å². The Bertz CT molecular complexity index is 543. The van der Waals surface area contributed by atoms with Gasteiger partial charge in [-0.15, -0.1) is 11.3 Å². The van der Waals surface area contributed by atoms with Crippen LogP contribution in [-0.2, 0) is 0 Å². The highest BCUT2D eigenvalue weighted by Gasteiger charge is 2.17. The van der Waals surface area contributed by atoms with Crippen LogP contribution in [0.4, 0.5) is 5.13 Å². The molecule has 0 aliphatic heterocycles. The van der Waals surface area contributed by atoms with Gasteiger partial charge in [-0.3, -0.25) is 0 Å². The molecule has 90 valence electrons. The molecule has 1 aromatic heterocycles. The number of aromatic nitrogens is 1. The Kier molecular flexibility index (Phi) is 3.20. The quantitative estimate of drug-likeness (QED) is 0.875. The molecule has 0 aliphatic rings. The van der Waals surface area contributed by atoms with Crippen LogP contribution >= 0.6 is 11.3 Å². The van der Waals surface area contributed by atoms with Crippen molar-refractivity contribution in [3.05, 3.63) is 45.5 Å². The second-order valence-corrected chi connectivity index (χ2v) is 5.57. The van der Waals surface area contributed by atoms with Crippen LogP contribution in [0.15, 0.2) is 18.2 Å². The molecular formula is C14H18N2S. The minimum absolute atomic E-state index is 0.365. The van der Waals surface area contributed by atoms with Crippen LogP contribution in [0.2, 0.25) is 0 Å². The minimum Gasteiger partial charge on any atom is -0.375 e. The molecule has 2 N–H and O–H groups in total. The number of hydrogen-bond acceptors (Lipinski definition) is 3. The predicted octanol–water partition coefficient (Wildman–Crippen LogP) is 3.80. The van der Waals surface area contributed by atoms with E-state index < -0.39 is 0 Å². The van der Waals surface area contributed by atoms with E-state index in [0.717, 1.165) is 5.69 Å². The van der Waals surface area contributed by atoms with E-state index in [1.165, 1.54) is 21.6 Å². The Morgan fingerprint density at radius 2 is 1.94 bits per heavy atom. The minimum atomic E-state index is 0.365. The van der Waals surface area contributed by atoms with Crippen LogP contribution < -0.4 is 5.73 Å². The third kappa shape index (κ3) is 2.20. The maximum atomic E-state index is 5.77. The molecule has 0 spiro atoms. The van der Waals surface area contributed by atoms with Crippen molar-refractivity contribution in [1.82, 2.24) is 4.98 Å². The Balaban J connectivity index is 2.47. The topological polar surface area (TPSA) is 38.9 Å². The number of thiazole rings is 1. The normalized spacial score (nSPS) is 12.7. The average molecular weight is 246 g/mol. The fraction of sp³-hybridized carbons (Fsp3) is 0.357. The molecule has 1 atom stereocenters. The summed E-state index contributed by atoms with van der Waals surface area (Å²) in [5.74, 6) is 0.365. The zero-order valence-electron chi connectivity index (χ0n) is 10.7. The van der Waals surface area contributed by atoms with E-state index in [1.54, 1.807) is 11.3 Å². The molecule has 3 heteroatoms. The molecule has 0 amide bonds. The van der Waals surface area contributed by atoms with Gasteiger partial charge < -0.3 is 5.73 Å². The summed E-state index contributed by atoms with van der Waals surface area (Å²) in [5.41, 5.74) is 10.9. The molecule has 0 radical (unpaired) electrons. The summed E-state index contributed by atoms with van der Waals surface area (Å²) in [4.78, 5) is 5.58. The molecule has 2 aromatic rings. The first-order valence-electron chi connectivity index (χ1n) is 5.79. The van der Waals surface area contributed by atoms with Crippen LogP contribution in [0.5, 0.6) is 0 Å². The van der Waals surface area contributed by atoms with Gasteiger partial charge in [-0.05, 0) is 37.5 Å². The van der Waals surface area contributed by atoms with Gasteiger partial charge in [0.05, 0.1) is 5.69 Å². The van der Waals surface area contributed by atoms with E-state index in [2.05, 4.69) is 44.0 Å². The molecular weight excluding hydrogens is 228 g/mol. The average Bonchev–Trinajstić information content (AvgIpc) is 2.61. The predicted molar refractivity (Wildman–Crippen MR) is 74.7 cm³/mol. The first-order valence-corrected chi connectivity index (χ1v) is 6.61. The highest BCUT2D eigenvalue weighted by atomic mass is 32.1. The molecule has 0 aliphatic carbocycles. The lowest BCUT2D eigenvalue weighted by molar-refractivity contribution is 0.911. The van der Waals surface area contributed by atoms with E-state index in [-0.39, 0.29) is 0 Å². The Labute approximate surface area is 107 Å². The lowest BCUT2D eigenvalue weighted by atomic mass is 9.92. The van der Waals surface area contributed by atoms with Crippen molar-refractivity contribution < 1.29 is 0 Å². The molecule has 2 nitrogen and oxygen atoms in total. The summed E-state index contributed by atoms with van der Waals surface area (Å²) in [6.45, 7) is 8.59. The Morgan fingerprint density at radius 3 is 2.53 bits per heavy atom. The maximum absolute atomic E-state index is 5.77. The van der Waals surface area contributed by atoms with Gasteiger partial charge >= 0.3 is 0 Å². The van der Waals surface area contributed by atoms with Gasteiger partial charge in [-0.1, -0.05) is 25.1 Å². The zero-order valence-corrected chi connectivity index (χ0v) is 11.6. The van der Waals surface area contributed by atoms with E-state index in [4.69, 9.17) is 5.73 Å². The van der Waals surface area contributed by atoms with Crippen molar-refractivity contribution in [2.75, 3.05) is 5.73 Å². The van der Waals surface area contributed by atoms with Crippen molar-refractivity contribution in [2.45, 2.75) is 33.6 Å². The van der Waals surface area contributed by atoms with Crippen molar-refractivity contribution in [3.63, 3.8) is 0 Å². The lowest BCUT2D eigenvalue weighted by Gasteiger charge is -2.15. The largest absolute Gasteiger partial charge is 0.375 e. The summed E-state index contributed by atoms with van der Waals surface area (Å²) in [7, 11) is 0. The van der Waals surface area contributed by atoms with Gasteiger partial charge in [0.1, 0.15) is 0 Å². The molecule has 0 fully saturated rings. The van der Waals surface area contributed by atoms with Gasteiger partial charge in [0.15, 0.2) is 5.13 Å². The van der Waals surface area contributed by atoms with Crippen LogP contribution in [0.25, 0.3) is 0 Å². The summed E-state index contributed by atoms with van der Waals surface area (Å²) < 4.78 is 0. The molecule has 1 unspecified atom stereocenters. The molecule has 0 bridgehead atoms. The molecule has 0 saturated carbocycles. The van der Waals surface area contributed by atoms with E-state index in [9.17, 15) is 0 Å². The van der Waals surface area contributed by atoms with Gasteiger partial charge in [-0.2, -0.15) is 0 Å². The Hall–Kier alpha value is -1.35. The first kappa shape index (κ1) is 12.1. The van der Waals surface area contributed by atoms with Crippen LogP contribution in [-0.4, -0.2) is 4.98 Å². The summed E-state index contributed by atoms with van der Waals surface area (Å²) in [5, 5.41) is 0.662. The second-order valence-electron chi connectivity index (χ2n) is 4.51. The van der Waals surface area contributed by atoms with Crippen LogP contribution in [0.3, 0.4) is 0 Å². The standard InChI is InChI=1S/C14H18N2S/c1-8-6-5-7-12(9(8)2)10(3)13-11(4)16-14(15)17-13/h5-7,10H,1-4H3,(H2,15,16).